The summed E-state index contributed by atoms with van der Waals surface area (Å²) in [7, 11) is 1.83. The summed E-state index contributed by atoms with van der Waals surface area (Å²) in [5, 5.41) is 11.4. The van der Waals surface area contributed by atoms with E-state index >= 15 is 0 Å². The van der Waals surface area contributed by atoms with E-state index in [0.29, 0.717) is 38.0 Å². The van der Waals surface area contributed by atoms with E-state index in [1.807, 2.05) is 56.1 Å². The van der Waals surface area contributed by atoms with Crippen LogP contribution in [0.3, 0.4) is 0 Å². The van der Waals surface area contributed by atoms with Gasteiger partial charge in [0.1, 0.15) is 5.76 Å². The van der Waals surface area contributed by atoms with Crippen LogP contribution in [-0.2, 0) is 18.4 Å². The van der Waals surface area contributed by atoms with E-state index < -0.39 is 0 Å². The highest BCUT2D eigenvalue weighted by Gasteiger charge is 2.26. The summed E-state index contributed by atoms with van der Waals surface area (Å²) in [6.45, 7) is 4.80. The van der Waals surface area contributed by atoms with Crippen molar-refractivity contribution in [2.75, 3.05) is 6.54 Å². The number of likely N-dealkylation sites (tertiary alicyclic amines) is 1. The summed E-state index contributed by atoms with van der Waals surface area (Å²) in [6, 6.07) is 11.6. The molecule has 8 nitrogen and oxygen atoms in total. The van der Waals surface area contributed by atoms with E-state index in [1.54, 1.807) is 10.7 Å². The van der Waals surface area contributed by atoms with Crippen molar-refractivity contribution in [3.05, 3.63) is 59.1 Å². The van der Waals surface area contributed by atoms with Gasteiger partial charge in [0.2, 0.25) is 5.91 Å². The van der Waals surface area contributed by atoms with Crippen molar-refractivity contribution in [3.8, 4) is 11.3 Å². The number of nitrogens with one attached hydrogen (secondary N) is 1. The molecular weight excluding hydrogens is 394 g/mol. The lowest BCUT2D eigenvalue weighted by atomic mass is 10.1. The molecule has 1 aliphatic heterocycles. The van der Waals surface area contributed by atoms with Crippen LogP contribution in [0, 0.1) is 13.8 Å². The molecule has 1 aliphatic rings. The Balaban J connectivity index is 1.40. The van der Waals surface area contributed by atoms with E-state index in [2.05, 4.69) is 15.6 Å². The molecule has 0 saturated carbocycles. The number of aromatic nitrogens is 3. The Bertz CT molecular complexity index is 1070. The van der Waals surface area contributed by atoms with Crippen molar-refractivity contribution in [2.24, 2.45) is 7.05 Å². The average molecular weight is 422 g/mol. The number of amides is 2. The summed E-state index contributed by atoms with van der Waals surface area (Å²) in [5.74, 6) is 0.610. The van der Waals surface area contributed by atoms with Crippen molar-refractivity contribution in [1.82, 2.24) is 25.2 Å². The summed E-state index contributed by atoms with van der Waals surface area (Å²) >= 11 is 0. The van der Waals surface area contributed by atoms with Crippen LogP contribution in [-0.4, -0.2) is 44.2 Å². The minimum Gasteiger partial charge on any atom is -0.361 e. The van der Waals surface area contributed by atoms with E-state index in [9.17, 15) is 9.59 Å². The maximum absolute atomic E-state index is 12.8. The Labute approximate surface area is 181 Å². The van der Waals surface area contributed by atoms with Gasteiger partial charge in [0.15, 0.2) is 5.69 Å². The zero-order chi connectivity index (χ0) is 22.0. The number of carbonyl (C=O) groups is 2. The Morgan fingerprint density at radius 1 is 1.23 bits per heavy atom. The molecule has 0 aliphatic carbocycles. The van der Waals surface area contributed by atoms with E-state index in [0.717, 1.165) is 28.3 Å². The molecule has 31 heavy (non-hydrogen) atoms. The van der Waals surface area contributed by atoms with Crippen molar-refractivity contribution < 1.29 is 14.1 Å². The van der Waals surface area contributed by atoms with Gasteiger partial charge in [-0.2, -0.15) is 5.10 Å². The molecule has 2 amide bonds. The summed E-state index contributed by atoms with van der Waals surface area (Å²) < 4.78 is 6.93. The van der Waals surface area contributed by atoms with Gasteiger partial charge in [0, 0.05) is 31.6 Å². The fourth-order valence-corrected chi connectivity index (χ4v) is 3.98. The largest absolute Gasteiger partial charge is 0.361 e. The number of rotatable bonds is 5. The van der Waals surface area contributed by atoms with Gasteiger partial charge in [-0.05, 0) is 38.3 Å². The quantitative estimate of drug-likeness (QED) is 0.684. The molecule has 162 valence electrons. The number of hydrogen-bond donors (Lipinski definition) is 1. The molecule has 1 N–H and O–H groups in total. The SMILES string of the molecule is Cc1noc(C)c1CN1CCC(NC(=O)c2cc(-c3ccccc3)n(C)n2)CCC1=O. The fourth-order valence-electron chi connectivity index (χ4n) is 3.98. The number of aryl methyl sites for hydroxylation is 3. The Kier molecular flexibility index (Phi) is 5.88. The third-order valence-electron chi connectivity index (χ3n) is 5.85. The minimum atomic E-state index is -0.214. The van der Waals surface area contributed by atoms with E-state index in [4.69, 9.17) is 4.52 Å². The lowest BCUT2D eigenvalue weighted by Gasteiger charge is -2.21. The van der Waals surface area contributed by atoms with Crippen molar-refractivity contribution in [1.29, 1.82) is 0 Å². The standard InChI is InChI=1S/C23H27N5O3/c1-15-19(16(2)31-26-15)14-28-12-11-18(9-10-22(28)29)24-23(30)20-13-21(27(3)25-20)17-7-5-4-6-8-17/h4-8,13,18H,9-12,14H2,1-3H3,(H,24,30). The maximum Gasteiger partial charge on any atom is 0.272 e. The van der Waals surface area contributed by atoms with Gasteiger partial charge in [0.05, 0.1) is 17.9 Å². The molecule has 4 rings (SSSR count). The van der Waals surface area contributed by atoms with Crippen LogP contribution in [0.15, 0.2) is 40.9 Å². The number of hydrogen-bond acceptors (Lipinski definition) is 5. The molecule has 1 atom stereocenters. The van der Waals surface area contributed by atoms with Gasteiger partial charge in [-0.15, -0.1) is 0 Å². The molecule has 0 radical (unpaired) electrons. The first-order valence-corrected chi connectivity index (χ1v) is 10.5. The summed E-state index contributed by atoms with van der Waals surface area (Å²) in [4.78, 5) is 27.3. The Morgan fingerprint density at radius 3 is 2.71 bits per heavy atom. The van der Waals surface area contributed by atoms with Crippen LogP contribution in [0.5, 0.6) is 0 Å². The van der Waals surface area contributed by atoms with Gasteiger partial charge in [0.25, 0.3) is 5.91 Å². The fraction of sp³-hybridized carbons (Fsp3) is 0.391. The predicted octanol–water partition coefficient (Wildman–Crippen LogP) is 3.00. The lowest BCUT2D eigenvalue weighted by Crippen LogP contribution is -2.36. The first kappa shape index (κ1) is 20.8. The second-order valence-corrected chi connectivity index (χ2v) is 8.02. The van der Waals surface area contributed by atoms with Crippen LogP contribution in [0.25, 0.3) is 11.3 Å². The average Bonchev–Trinajstić information content (AvgIpc) is 3.25. The maximum atomic E-state index is 12.8. The first-order chi connectivity index (χ1) is 14.9. The molecule has 1 fully saturated rings. The monoisotopic (exact) mass is 421 g/mol. The molecule has 0 bridgehead atoms. The zero-order valence-corrected chi connectivity index (χ0v) is 18.1. The normalized spacial score (nSPS) is 16.9. The third kappa shape index (κ3) is 4.52. The van der Waals surface area contributed by atoms with Crippen LogP contribution in [0.1, 0.15) is 46.8 Å². The molecular formula is C23H27N5O3. The van der Waals surface area contributed by atoms with Crippen molar-refractivity contribution in [2.45, 2.75) is 45.7 Å². The Morgan fingerprint density at radius 2 is 2.00 bits per heavy atom. The van der Waals surface area contributed by atoms with Crippen LogP contribution in [0.4, 0.5) is 0 Å². The van der Waals surface area contributed by atoms with Crippen LogP contribution < -0.4 is 5.32 Å². The van der Waals surface area contributed by atoms with Gasteiger partial charge in [-0.1, -0.05) is 35.5 Å². The molecule has 0 spiro atoms. The highest BCUT2D eigenvalue weighted by Crippen LogP contribution is 2.21. The van der Waals surface area contributed by atoms with E-state index in [-0.39, 0.29) is 17.9 Å². The molecule has 8 heteroatoms. The molecule has 1 saturated heterocycles. The highest BCUT2D eigenvalue weighted by molar-refractivity contribution is 5.93. The second kappa shape index (κ2) is 8.75. The third-order valence-corrected chi connectivity index (χ3v) is 5.85. The molecule has 1 aromatic carbocycles. The number of benzene rings is 1. The molecule has 1 unspecified atom stereocenters. The minimum absolute atomic E-state index is 0.0756. The summed E-state index contributed by atoms with van der Waals surface area (Å²) in [6.07, 6.45) is 1.70. The topological polar surface area (TPSA) is 93.3 Å². The van der Waals surface area contributed by atoms with Crippen molar-refractivity contribution in [3.63, 3.8) is 0 Å². The zero-order valence-electron chi connectivity index (χ0n) is 18.1. The molecule has 2 aromatic heterocycles. The Hall–Kier alpha value is -3.42. The predicted molar refractivity (Wildman–Crippen MR) is 115 cm³/mol. The number of carbonyl (C=O) groups excluding carboxylic acids is 2. The highest BCUT2D eigenvalue weighted by atomic mass is 16.5. The first-order valence-electron chi connectivity index (χ1n) is 10.5. The van der Waals surface area contributed by atoms with E-state index in [1.165, 1.54) is 0 Å². The second-order valence-electron chi connectivity index (χ2n) is 8.02. The summed E-state index contributed by atoms with van der Waals surface area (Å²) in [5.41, 5.74) is 4.03. The number of nitrogens with zero attached hydrogens (tertiary/aromatic N) is 4. The van der Waals surface area contributed by atoms with Gasteiger partial charge < -0.3 is 14.7 Å². The van der Waals surface area contributed by atoms with Gasteiger partial charge in [-0.25, -0.2) is 0 Å². The smallest absolute Gasteiger partial charge is 0.272 e. The van der Waals surface area contributed by atoms with Crippen molar-refractivity contribution >= 4 is 11.8 Å². The lowest BCUT2D eigenvalue weighted by molar-refractivity contribution is -0.131. The van der Waals surface area contributed by atoms with Gasteiger partial charge in [-0.3, -0.25) is 14.3 Å². The molecule has 3 heterocycles. The van der Waals surface area contributed by atoms with Crippen LogP contribution >= 0.6 is 0 Å². The van der Waals surface area contributed by atoms with Gasteiger partial charge >= 0.3 is 0 Å². The molecule has 3 aromatic rings. The van der Waals surface area contributed by atoms with Crippen LogP contribution in [0.2, 0.25) is 0 Å².